The van der Waals surface area contributed by atoms with Gasteiger partial charge >= 0.3 is 0 Å². The van der Waals surface area contributed by atoms with Gasteiger partial charge in [0.05, 0.1) is 0 Å². The Bertz CT molecular complexity index is 2890. The molecule has 7 aromatic rings. The Morgan fingerprint density at radius 2 is 0.984 bits per heavy atom. The maximum Gasteiger partial charge on any atom is 0.257 e. The second-order valence-corrected chi connectivity index (χ2v) is 23.0. The molecule has 3 nitrogen and oxygen atoms in total. The number of benzene rings is 6. The molecule has 4 heteroatoms. The zero-order valence-corrected chi connectivity index (χ0v) is 39.3. The highest BCUT2D eigenvalue weighted by Crippen LogP contribution is 2.52. The fraction of sp³-hybridized carbons (Fsp3) is 0.345. The molecule has 0 unspecified atom stereocenters. The predicted molar refractivity (Wildman–Crippen MR) is 267 cm³/mol. The van der Waals surface area contributed by atoms with Crippen molar-refractivity contribution >= 4 is 68.4 Å². The van der Waals surface area contributed by atoms with Gasteiger partial charge in [-0.2, -0.15) is 0 Å². The molecule has 6 aromatic carbocycles. The first-order valence-corrected chi connectivity index (χ1v) is 22.9. The van der Waals surface area contributed by atoms with Crippen LogP contribution in [0, 0.1) is 0 Å². The number of furan rings is 1. The van der Waals surface area contributed by atoms with E-state index in [1.807, 2.05) is 0 Å². The number of fused-ring (bicyclic) bond motifs is 7. The lowest BCUT2D eigenvalue weighted by molar-refractivity contribution is 0.332. The zero-order valence-electron chi connectivity index (χ0n) is 39.3. The molecule has 3 aliphatic rings. The molecular formula is C58H63BN2O. The van der Waals surface area contributed by atoms with E-state index in [4.69, 9.17) is 4.42 Å². The van der Waals surface area contributed by atoms with Crippen molar-refractivity contribution in [1.82, 2.24) is 0 Å². The quantitative estimate of drug-likeness (QED) is 0.166. The Kier molecular flexibility index (Phi) is 8.85. The molecule has 314 valence electrons. The maximum absolute atomic E-state index is 7.29. The summed E-state index contributed by atoms with van der Waals surface area (Å²) < 4.78 is 7.29. The minimum Gasteiger partial charge on any atom is -0.440 e. The van der Waals surface area contributed by atoms with E-state index in [1.54, 1.807) is 0 Å². The molecule has 0 saturated heterocycles. The minimum absolute atomic E-state index is 0.0278. The summed E-state index contributed by atoms with van der Waals surface area (Å²) in [6, 6.07) is 46.6. The van der Waals surface area contributed by atoms with Crippen molar-refractivity contribution in [1.29, 1.82) is 0 Å². The van der Waals surface area contributed by atoms with Gasteiger partial charge < -0.3 is 9.32 Å². The van der Waals surface area contributed by atoms with Crippen LogP contribution < -0.4 is 26.2 Å². The molecule has 0 fully saturated rings. The summed E-state index contributed by atoms with van der Waals surface area (Å²) in [6.07, 6.45) is 2.31. The summed E-state index contributed by atoms with van der Waals surface area (Å²) in [5.74, 6) is 0.912. The highest BCUT2D eigenvalue weighted by molar-refractivity contribution is 7.01. The summed E-state index contributed by atoms with van der Waals surface area (Å²) in [4.78, 5) is 5.05. The van der Waals surface area contributed by atoms with Crippen LogP contribution >= 0.6 is 0 Å². The standard InChI is InChI=1S/C58H63BN2O/c1-54(2,3)38-19-24-41(25-20-38)60-47-35-45-44(57(10,11)29-30-58(45,12)13)34-46(47)59-51-43-33-40(56(7,8)9)23-28-50(43)62-53(51)61(42-26-21-39(22-27-42)55(4,5)6)49-32-37(31-48(60)52(49)59)36-17-15-14-16-18-36/h14-28,31-35H,29-30H2,1-13H3. The smallest absolute Gasteiger partial charge is 0.257 e. The molecule has 2 aliphatic heterocycles. The topological polar surface area (TPSA) is 19.6 Å². The Labute approximate surface area is 371 Å². The monoisotopic (exact) mass is 815 g/mol. The normalized spacial score (nSPS) is 16.5. The third-order valence-corrected chi connectivity index (χ3v) is 14.6. The van der Waals surface area contributed by atoms with Crippen molar-refractivity contribution in [3.63, 3.8) is 0 Å². The maximum atomic E-state index is 7.29. The third-order valence-electron chi connectivity index (χ3n) is 14.6. The van der Waals surface area contributed by atoms with Gasteiger partial charge in [0.1, 0.15) is 5.58 Å². The molecule has 0 N–H and O–H groups in total. The van der Waals surface area contributed by atoms with Gasteiger partial charge in [-0.15, -0.1) is 0 Å². The first-order valence-electron chi connectivity index (χ1n) is 22.9. The molecule has 0 saturated carbocycles. The minimum atomic E-state index is -0.0624. The Morgan fingerprint density at radius 1 is 0.484 bits per heavy atom. The van der Waals surface area contributed by atoms with Crippen LogP contribution in [0.25, 0.3) is 22.1 Å². The molecule has 0 radical (unpaired) electrons. The molecule has 10 rings (SSSR count). The van der Waals surface area contributed by atoms with E-state index in [1.165, 1.54) is 77.8 Å². The Hall–Kier alpha value is -5.48. The molecular weight excluding hydrogens is 751 g/mol. The molecule has 1 aromatic heterocycles. The highest BCUT2D eigenvalue weighted by atomic mass is 16.4. The Morgan fingerprint density at radius 3 is 1.53 bits per heavy atom. The molecule has 62 heavy (non-hydrogen) atoms. The zero-order chi connectivity index (χ0) is 43.9. The molecule has 0 spiro atoms. The molecule has 1 aliphatic carbocycles. The fourth-order valence-corrected chi connectivity index (χ4v) is 10.6. The summed E-state index contributed by atoms with van der Waals surface area (Å²) in [5, 5.41) is 1.20. The summed E-state index contributed by atoms with van der Waals surface area (Å²) in [7, 11) is 0. The molecule has 3 heterocycles. The SMILES string of the molecule is CC(C)(C)c1ccc(N2c3cc4c(cc3B3c5c2cc(-c2ccccc2)cc5N(c2ccc(C(C)(C)C)cc2)c2oc5ccc(C(C)(C)C)cc5c23)C(C)(C)CCC4(C)C)cc1. The van der Waals surface area contributed by atoms with Gasteiger partial charge in [0.2, 0.25) is 5.88 Å². The number of hydrogen-bond acceptors (Lipinski definition) is 3. The molecule has 0 amide bonds. The van der Waals surface area contributed by atoms with Crippen LogP contribution in [0.15, 0.2) is 126 Å². The van der Waals surface area contributed by atoms with Crippen molar-refractivity contribution in [3.05, 3.63) is 149 Å². The van der Waals surface area contributed by atoms with Crippen LogP contribution in [0.1, 0.15) is 131 Å². The summed E-state index contributed by atoms with van der Waals surface area (Å²) >= 11 is 0. The summed E-state index contributed by atoms with van der Waals surface area (Å²) in [6.45, 7) is 30.5. The van der Waals surface area contributed by atoms with Gasteiger partial charge in [-0.3, -0.25) is 4.90 Å². The molecule has 0 atom stereocenters. The van der Waals surface area contributed by atoms with Gasteiger partial charge in [0.25, 0.3) is 6.71 Å². The van der Waals surface area contributed by atoms with E-state index >= 15 is 0 Å². The van der Waals surface area contributed by atoms with Crippen molar-refractivity contribution in [2.75, 3.05) is 9.80 Å². The number of nitrogens with zero attached hydrogens (tertiary/aromatic N) is 2. The van der Waals surface area contributed by atoms with Crippen molar-refractivity contribution in [3.8, 4) is 11.1 Å². The predicted octanol–water partition coefficient (Wildman–Crippen LogP) is 14.4. The van der Waals surface area contributed by atoms with E-state index in [-0.39, 0.29) is 33.8 Å². The van der Waals surface area contributed by atoms with E-state index in [0.29, 0.717) is 0 Å². The lowest BCUT2D eigenvalue weighted by Crippen LogP contribution is -2.61. The van der Waals surface area contributed by atoms with Gasteiger partial charge in [-0.25, -0.2) is 0 Å². The van der Waals surface area contributed by atoms with Gasteiger partial charge in [0.15, 0.2) is 0 Å². The second kappa shape index (κ2) is 13.5. The van der Waals surface area contributed by atoms with Crippen molar-refractivity contribution < 1.29 is 4.42 Å². The average molecular weight is 815 g/mol. The van der Waals surface area contributed by atoms with Gasteiger partial charge in [0, 0.05) is 39.3 Å². The van der Waals surface area contributed by atoms with E-state index in [0.717, 1.165) is 35.7 Å². The lowest BCUT2D eigenvalue weighted by atomic mass is 9.33. The first-order chi connectivity index (χ1) is 29.1. The van der Waals surface area contributed by atoms with Crippen LogP contribution in [0.4, 0.5) is 34.3 Å². The lowest BCUT2D eigenvalue weighted by Gasteiger charge is -2.46. The van der Waals surface area contributed by atoms with E-state index in [9.17, 15) is 0 Å². The fourth-order valence-electron chi connectivity index (χ4n) is 10.6. The van der Waals surface area contributed by atoms with Crippen LogP contribution in [0.2, 0.25) is 0 Å². The first kappa shape index (κ1) is 40.6. The van der Waals surface area contributed by atoms with Crippen LogP contribution in [0.5, 0.6) is 0 Å². The van der Waals surface area contributed by atoms with Crippen LogP contribution in [-0.2, 0) is 27.1 Å². The van der Waals surface area contributed by atoms with Crippen molar-refractivity contribution in [2.45, 2.75) is 130 Å². The van der Waals surface area contributed by atoms with E-state index < -0.39 is 0 Å². The average Bonchev–Trinajstić information content (AvgIpc) is 3.60. The van der Waals surface area contributed by atoms with Crippen LogP contribution in [-0.4, -0.2) is 6.71 Å². The van der Waals surface area contributed by atoms with Crippen LogP contribution in [0.3, 0.4) is 0 Å². The van der Waals surface area contributed by atoms with E-state index in [2.05, 4.69) is 221 Å². The molecule has 0 bridgehead atoms. The largest absolute Gasteiger partial charge is 0.440 e. The van der Waals surface area contributed by atoms with Gasteiger partial charge in [-0.1, -0.05) is 157 Å². The van der Waals surface area contributed by atoms with Gasteiger partial charge in [-0.05, 0) is 144 Å². The second-order valence-electron chi connectivity index (χ2n) is 23.0. The Balaban J connectivity index is 1.37. The number of hydrogen-bond donors (Lipinski definition) is 0. The number of anilines is 6. The van der Waals surface area contributed by atoms with Crippen molar-refractivity contribution in [2.24, 2.45) is 0 Å². The summed E-state index contributed by atoms with van der Waals surface area (Å²) in [5.41, 5.74) is 20.2. The third kappa shape index (κ3) is 6.38. The highest BCUT2D eigenvalue weighted by Gasteiger charge is 2.49. The number of rotatable bonds is 3.